The molecule has 1 fully saturated rings. The van der Waals surface area contributed by atoms with E-state index in [1.165, 1.54) is 19.2 Å². The minimum atomic E-state index is -4.93. The number of amides is 1. The molecule has 4 rings (SSSR count). The number of rotatable bonds is 5. The highest BCUT2D eigenvalue weighted by molar-refractivity contribution is 6.07. The number of nitrogens with one attached hydrogen (secondary N) is 2. The Morgan fingerprint density at radius 2 is 1.71 bits per heavy atom. The molecule has 0 radical (unpaired) electrons. The van der Waals surface area contributed by atoms with Gasteiger partial charge >= 0.3 is 6.18 Å². The fourth-order valence-corrected chi connectivity index (χ4v) is 4.60. The quantitative estimate of drug-likeness (QED) is 0.453. The molecule has 1 aliphatic heterocycles. The first kappa shape index (κ1) is 27.2. The summed E-state index contributed by atoms with van der Waals surface area (Å²) >= 11 is 0. The molecule has 3 aromatic rings. The lowest BCUT2D eigenvalue weighted by Gasteiger charge is -2.44. The third-order valence-corrected chi connectivity index (χ3v) is 6.91. The van der Waals surface area contributed by atoms with E-state index in [-0.39, 0.29) is 23.3 Å². The number of benzene rings is 2. The van der Waals surface area contributed by atoms with Gasteiger partial charge < -0.3 is 19.9 Å². The maximum atomic E-state index is 15.5. The van der Waals surface area contributed by atoms with Crippen molar-refractivity contribution in [1.29, 1.82) is 0 Å². The van der Waals surface area contributed by atoms with Gasteiger partial charge in [-0.05, 0) is 50.7 Å². The zero-order chi connectivity index (χ0) is 27.8. The Morgan fingerprint density at radius 1 is 1.08 bits per heavy atom. The number of carbonyl (C=O) groups excluding carboxylic acids is 1. The molecule has 2 heterocycles. The number of anilines is 2. The van der Waals surface area contributed by atoms with Gasteiger partial charge in [0.05, 0.1) is 29.6 Å². The number of aromatic nitrogens is 1. The minimum Gasteiger partial charge on any atom is -0.497 e. The van der Waals surface area contributed by atoms with Crippen molar-refractivity contribution in [2.45, 2.75) is 32.1 Å². The number of hydrogen-bond donors (Lipinski definition) is 2. The lowest BCUT2D eigenvalue weighted by Crippen LogP contribution is -2.55. The molecule has 7 nitrogen and oxygen atoms in total. The SMILES string of the molecule is COc1ccc(-c2cc(NC(=O)c3c[nH]c(=O)cc3C(F)(F)F)c(N3CC(C)N(C)C(C)C3)cc2F)cc1. The number of ether oxygens (including phenoxy) is 1. The largest absolute Gasteiger partial charge is 0.497 e. The number of piperazine rings is 1. The van der Waals surface area contributed by atoms with Crippen LogP contribution in [0, 0.1) is 5.82 Å². The van der Waals surface area contributed by atoms with Crippen molar-refractivity contribution in [3.63, 3.8) is 0 Å². The second kappa shape index (κ2) is 10.5. The Bertz CT molecular complexity index is 1380. The minimum absolute atomic E-state index is 0.0997. The first-order chi connectivity index (χ1) is 17.9. The van der Waals surface area contributed by atoms with Gasteiger partial charge in [0.25, 0.3) is 5.91 Å². The number of likely N-dealkylation sites (N-methyl/N-ethyl adjacent to an activating group) is 1. The molecule has 11 heteroatoms. The lowest BCUT2D eigenvalue weighted by atomic mass is 10.0. The van der Waals surface area contributed by atoms with E-state index < -0.39 is 34.6 Å². The van der Waals surface area contributed by atoms with Crippen LogP contribution in [0.2, 0.25) is 0 Å². The van der Waals surface area contributed by atoms with Crippen LogP contribution in [0.25, 0.3) is 11.1 Å². The van der Waals surface area contributed by atoms with Crippen molar-refractivity contribution in [2.24, 2.45) is 0 Å². The molecule has 1 amide bonds. The zero-order valence-corrected chi connectivity index (χ0v) is 21.3. The van der Waals surface area contributed by atoms with Crippen molar-refractivity contribution in [2.75, 3.05) is 37.5 Å². The molecule has 0 saturated carbocycles. The van der Waals surface area contributed by atoms with Crippen LogP contribution in [0.4, 0.5) is 28.9 Å². The molecule has 1 aliphatic rings. The van der Waals surface area contributed by atoms with E-state index >= 15 is 4.39 Å². The molecular formula is C27H28F4N4O3. The summed E-state index contributed by atoms with van der Waals surface area (Å²) in [6.07, 6.45) is -4.20. The fraction of sp³-hybridized carbons (Fsp3) is 0.333. The molecule has 1 aromatic heterocycles. The second-order valence-electron chi connectivity index (χ2n) is 9.42. The third kappa shape index (κ3) is 5.52. The molecule has 0 aliphatic carbocycles. The molecule has 202 valence electrons. The van der Waals surface area contributed by atoms with Crippen molar-refractivity contribution in [3.05, 3.63) is 76.0 Å². The van der Waals surface area contributed by atoms with E-state index in [1.807, 2.05) is 25.8 Å². The van der Waals surface area contributed by atoms with Crippen LogP contribution in [0.15, 0.2) is 53.5 Å². The summed E-state index contributed by atoms with van der Waals surface area (Å²) in [7, 11) is 3.49. The lowest BCUT2D eigenvalue weighted by molar-refractivity contribution is -0.138. The number of pyridine rings is 1. The second-order valence-corrected chi connectivity index (χ2v) is 9.42. The number of halogens is 4. The standard InChI is InChI=1S/C27H28F4N4O3/c1-15-13-35(14-16(2)34(15)3)24-11-22(28)19(17-5-7-18(38-4)8-6-17)9-23(24)33-26(37)20-12-32-25(36)10-21(20)27(29,30)31/h5-12,15-16H,13-14H2,1-4H3,(H,32,36)(H,33,37). The topological polar surface area (TPSA) is 77.7 Å². The van der Waals surface area contributed by atoms with E-state index in [1.54, 1.807) is 24.3 Å². The maximum absolute atomic E-state index is 15.5. The molecule has 0 bridgehead atoms. The van der Waals surface area contributed by atoms with Crippen molar-refractivity contribution < 1.29 is 27.1 Å². The van der Waals surface area contributed by atoms with Gasteiger partial charge in [-0.3, -0.25) is 14.5 Å². The summed E-state index contributed by atoms with van der Waals surface area (Å²) in [5, 5.41) is 2.55. The number of methoxy groups -OCH3 is 1. The number of alkyl halides is 3. The van der Waals surface area contributed by atoms with Crippen molar-refractivity contribution in [3.8, 4) is 16.9 Å². The Hall–Kier alpha value is -3.86. The van der Waals surface area contributed by atoms with E-state index in [0.29, 0.717) is 36.2 Å². The third-order valence-electron chi connectivity index (χ3n) is 6.91. The van der Waals surface area contributed by atoms with Crippen LogP contribution >= 0.6 is 0 Å². The maximum Gasteiger partial charge on any atom is 0.417 e. The average molecular weight is 533 g/mol. The van der Waals surface area contributed by atoms with Crippen LogP contribution in [-0.4, -0.2) is 55.1 Å². The van der Waals surface area contributed by atoms with E-state index in [0.717, 1.165) is 6.20 Å². The molecule has 2 unspecified atom stereocenters. The first-order valence-electron chi connectivity index (χ1n) is 11.9. The van der Waals surface area contributed by atoms with E-state index in [4.69, 9.17) is 4.74 Å². The number of nitrogens with zero attached hydrogens (tertiary/aromatic N) is 2. The molecule has 2 aromatic carbocycles. The van der Waals surface area contributed by atoms with E-state index in [9.17, 15) is 22.8 Å². The summed E-state index contributed by atoms with van der Waals surface area (Å²) in [5.74, 6) is -1.07. The van der Waals surface area contributed by atoms with Gasteiger partial charge in [0.15, 0.2) is 0 Å². The molecule has 1 saturated heterocycles. The summed E-state index contributed by atoms with van der Waals surface area (Å²) in [5.41, 5.74) is -1.97. The normalized spacial score (nSPS) is 18.4. The van der Waals surface area contributed by atoms with Gasteiger partial charge in [-0.2, -0.15) is 13.2 Å². The molecule has 2 N–H and O–H groups in total. The highest BCUT2D eigenvalue weighted by Crippen LogP contribution is 2.37. The van der Waals surface area contributed by atoms with Crippen molar-refractivity contribution in [1.82, 2.24) is 9.88 Å². The summed E-state index contributed by atoms with van der Waals surface area (Å²) < 4.78 is 61.5. The predicted octanol–water partition coefficient (Wildman–Crippen LogP) is 4.99. The zero-order valence-electron chi connectivity index (χ0n) is 21.3. The van der Waals surface area contributed by atoms with Crippen molar-refractivity contribution >= 4 is 17.3 Å². The first-order valence-corrected chi connectivity index (χ1v) is 11.9. The number of carbonyl (C=O) groups is 1. The highest BCUT2D eigenvalue weighted by atomic mass is 19.4. The predicted molar refractivity (Wildman–Crippen MR) is 137 cm³/mol. The Balaban J connectivity index is 1.81. The molecular weight excluding hydrogens is 504 g/mol. The number of aromatic amines is 1. The van der Waals surface area contributed by atoms with Gasteiger partial charge in [-0.25, -0.2) is 4.39 Å². The van der Waals surface area contributed by atoms with Crippen LogP contribution in [-0.2, 0) is 6.18 Å². The molecule has 2 atom stereocenters. The van der Waals surface area contributed by atoms with Crippen LogP contribution in [0.3, 0.4) is 0 Å². The highest BCUT2D eigenvalue weighted by Gasteiger charge is 2.36. The van der Waals surface area contributed by atoms with Crippen LogP contribution in [0.1, 0.15) is 29.8 Å². The fourth-order valence-electron chi connectivity index (χ4n) is 4.60. The summed E-state index contributed by atoms with van der Waals surface area (Å²) in [6.45, 7) is 5.05. The Kier molecular flexibility index (Phi) is 7.50. The average Bonchev–Trinajstić information content (AvgIpc) is 2.87. The van der Waals surface area contributed by atoms with Crippen LogP contribution < -0.4 is 20.5 Å². The number of H-pyrrole nitrogens is 1. The molecule has 0 spiro atoms. The van der Waals surface area contributed by atoms with Crippen LogP contribution in [0.5, 0.6) is 5.75 Å². The smallest absolute Gasteiger partial charge is 0.417 e. The van der Waals surface area contributed by atoms with Gasteiger partial charge in [0, 0.05) is 43.0 Å². The summed E-state index contributed by atoms with van der Waals surface area (Å²) in [6, 6.07) is 9.84. The molecule has 38 heavy (non-hydrogen) atoms. The monoisotopic (exact) mass is 532 g/mol. The Morgan fingerprint density at radius 3 is 2.29 bits per heavy atom. The van der Waals surface area contributed by atoms with Gasteiger partial charge in [0.1, 0.15) is 11.6 Å². The van der Waals surface area contributed by atoms with Gasteiger partial charge in [-0.1, -0.05) is 12.1 Å². The Labute approximate surface area is 217 Å². The van der Waals surface area contributed by atoms with Gasteiger partial charge in [-0.15, -0.1) is 0 Å². The van der Waals surface area contributed by atoms with E-state index in [2.05, 4.69) is 15.2 Å². The van der Waals surface area contributed by atoms with Gasteiger partial charge in [0.2, 0.25) is 5.56 Å². The summed E-state index contributed by atoms with van der Waals surface area (Å²) in [4.78, 5) is 30.9. The number of hydrogen-bond acceptors (Lipinski definition) is 5.